The van der Waals surface area contributed by atoms with Gasteiger partial charge in [-0.2, -0.15) is 0 Å². The lowest BCUT2D eigenvalue weighted by atomic mass is 9.87. The first-order valence-electron chi connectivity index (χ1n) is 8.77. The Hall–Kier alpha value is -2.41. The second kappa shape index (κ2) is 5.90. The molecule has 0 amide bonds. The summed E-state index contributed by atoms with van der Waals surface area (Å²) in [4.78, 5) is 13.0. The summed E-state index contributed by atoms with van der Waals surface area (Å²) < 4.78 is 0. The van der Waals surface area contributed by atoms with Crippen LogP contribution in [0.15, 0.2) is 60.7 Å². The number of hydrogen-bond acceptors (Lipinski definition) is 1. The number of benzene rings is 3. The number of Topliss-reactive ketones (excluding diaryl/α,β-unsaturated/α-hetero) is 1. The molecule has 0 bridgehead atoms. The molecule has 0 aromatic heterocycles. The van der Waals surface area contributed by atoms with Gasteiger partial charge in [0.1, 0.15) is 0 Å². The van der Waals surface area contributed by atoms with E-state index in [1.54, 1.807) is 0 Å². The van der Waals surface area contributed by atoms with Crippen molar-refractivity contribution in [1.82, 2.24) is 0 Å². The first kappa shape index (κ1) is 15.1. The van der Waals surface area contributed by atoms with Gasteiger partial charge in [-0.3, -0.25) is 4.79 Å². The van der Waals surface area contributed by atoms with E-state index >= 15 is 0 Å². The van der Waals surface area contributed by atoms with Crippen molar-refractivity contribution in [1.29, 1.82) is 0 Å². The summed E-state index contributed by atoms with van der Waals surface area (Å²) in [6, 6.07) is 21.1. The highest BCUT2D eigenvalue weighted by atomic mass is 16.1. The van der Waals surface area contributed by atoms with Crippen molar-refractivity contribution in [2.75, 3.05) is 0 Å². The van der Waals surface area contributed by atoms with E-state index in [4.69, 9.17) is 0 Å². The van der Waals surface area contributed by atoms with E-state index in [0.29, 0.717) is 5.92 Å². The van der Waals surface area contributed by atoms with Gasteiger partial charge in [-0.05, 0) is 46.2 Å². The average molecular weight is 314 g/mol. The van der Waals surface area contributed by atoms with Crippen molar-refractivity contribution in [2.45, 2.75) is 32.6 Å². The topological polar surface area (TPSA) is 17.1 Å². The molecular weight excluding hydrogens is 292 g/mol. The van der Waals surface area contributed by atoms with E-state index in [2.05, 4.69) is 56.3 Å². The lowest BCUT2D eigenvalue weighted by Crippen LogP contribution is -2.09. The van der Waals surface area contributed by atoms with Crippen molar-refractivity contribution >= 4 is 16.6 Å². The Morgan fingerprint density at radius 1 is 1.00 bits per heavy atom. The van der Waals surface area contributed by atoms with E-state index in [1.165, 1.54) is 27.5 Å². The Bertz CT molecular complexity index is 920. The summed E-state index contributed by atoms with van der Waals surface area (Å²) >= 11 is 0. The molecule has 0 fully saturated rings. The van der Waals surface area contributed by atoms with Crippen LogP contribution >= 0.6 is 0 Å². The minimum absolute atomic E-state index is 0.0422. The largest absolute Gasteiger partial charge is 0.293 e. The van der Waals surface area contributed by atoms with Crippen molar-refractivity contribution in [2.24, 2.45) is 5.92 Å². The van der Waals surface area contributed by atoms with E-state index in [-0.39, 0.29) is 11.7 Å². The molecule has 0 radical (unpaired) electrons. The first-order valence-corrected chi connectivity index (χ1v) is 8.77. The molecule has 1 aliphatic carbocycles. The maximum Gasteiger partial charge on any atom is 0.170 e. The summed E-state index contributed by atoms with van der Waals surface area (Å²) in [5.74, 6) is 0.840. The third kappa shape index (κ3) is 2.54. The molecule has 0 N–H and O–H groups in total. The smallest absolute Gasteiger partial charge is 0.170 e. The molecular formula is C23H22O. The number of ketones is 1. The molecule has 1 nitrogen and oxygen atoms in total. The highest BCUT2D eigenvalue weighted by Crippen LogP contribution is 2.38. The van der Waals surface area contributed by atoms with Crippen LogP contribution in [0.1, 0.15) is 46.8 Å². The second-order valence-corrected chi connectivity index (χ2v) is 7.28. The Morgan fingerprint density at radius 2 is 1.75 bits per heavy atom. The van der Waals surface area contributed by atoms with Gasteiger partial charge in [0.2, 0.25) is 0 Å². The van der Waals surface area contributed by atoms with Gasteiger partial charge in [0.05, 0.1) is 5.92 Å². The van der Waals surface area contributed by atoms with Gasteiger partial charge in [-0.1, -0.05) is 74.5 Å². The predicted molar refractivity (Wildman–Crippen MR) is 99.7 cm³/mol. The van der Waals surface area contributed by atoms with Gasteiger partial charge < -0.3 is 0 Å². The molecule has 1 aliphatic rings. The van der Waals surface area contributed by atoms with Crippen LogP contribution in [0.25, 0.3) is 10.8 Å². The lowest BCUT2D eigenvalue weighted by molar-refractivity contribution is 0.0973. The standard InChI is InChI=1S/C23H22O/c1-15(2)11-16-12-17-7-3-5-9-19(17)21(13-16)22-14-18-8-4-6-10-20(18)23(22)24/h3-10,12-13,15,22H,11,14H2,1-2H3. The minimum atomic E-state index is -0.0422. The summed E-state index contributed by atoms with van der Waals surface area (Å²) in [5.41, 5.74) is 4.62. The van der Waals surface area contributed by atoms with Crippen LogP contribution in [-0.2, 0) is 12.8 Å². The number of carbonyl (C=O) groups excluding carboxylic acids is 1. The monoisotopic (exact) mass is 314 g/mol. The maximum absolute atomic E-state index is 13.0. The SMILES string of the molecule is CC(C)Cc1cc(C2Cc3ccccc3C2=O)c2ccccc2c1. The van der Waals surface area contributed by atoms with E-state index < -0.39 is 0 Å². The molecule has 1 unspecified atom stereocenters. The van der Waals surface area contributed by atoms with Crippen molar-refractivity contribution in [3.63, 3.8) is 0 Å². The van der Waals surface area contributed by atoms with Crippen LogP contribution in [0.5, 0.6) is 0 Å². The summed E-state index contributed by atoms with van der Waals surface area (Å²) in [6.45, 7) is 4.48. The van der Waals surface area contributed by atoms with E-state index in [1.807, 2.05) is 18.2 Å². The fourth-order valence-electron chi connectivity index (χ4n) is 3.97. The predicted octanol–water partition coefficient (Wildman–Crippen LogP) is 5.56. The Kier molecular flexibility index (Phi) is 3.72. The Labute approximate surface area is 143 Å². The third-order valence-corrected chi connectivity index (χ3v) is 5.00. The highest BCUT2D eigenvalue weighted by molar-refractivity contribution is 6.07. The van der Waals surface area contributed by atoms with Crippen LogP contribution in [0.4, 0.5) is 0 Å². The molecule has 24 heavy (non-hydrogen) atoms. The molecule has 3 aromatic carbocycles. The van der Waals surface area contributed by atoms with Crippen molar-refractivity contribution in [3.8, 4) is 0 Å². The lowest BCUT2D eigenvalue weighted by Gasteiger charge is -2.16. The zero-order valence-corrected chi connectivity index (χ0v) is 14.3. The maximum atomic E-state index is 13.0. The van der Waals surface area contributed by atoms with Crippen LogP contribution in [0, 0.1) is 5.92 Å². The first-order chi connectivity index (χ1) is 11.6. The van der Waals surface area contributed by atoms with E-state index in [9.17, 15) is 4.79 Å². The van der Waals surface area contributed by atoms with E-state index in [0.717, 1.165) is 18.4 Å². The Balaban J connectivity index is 1.86. The van der Waals surface area contributed by atoms with Crippen molar-refractivity contribution < 1.29 is 4.79 Å². The van der Waals surface area contributed by atoms with Gasteiger partial charge >= 0.3 is 0 Å². The fraction of sp³-hybridized carbons (Fsp3) is 0.261. The molecule has 3 aromatic rings. The molecule has 0 saturated carbocycles. The molecule has 0 spiro atoms. The van der Waals surface area contributed by atoms with Gasteiger partial charge in [0.25, 0.3) is 0 Å². The quantitative estimate of drug-likeness (QED) is 0.618. The average Bonchev–Trinajstić information content (AvgIpc) is 2.91. The molecule has 1 heteroatoms. The van der Waals surface area contributed by atoms with Crippen LogP contribution in [0.3, 0.4) is 0 Å². The third-order valence-electron chi connectivity index (χ3n) is 5.00. The summed E-state index contributed by atoms with van der Waals surface area (Å²) in [5, 5.41) is 2.46. The Morgan fingerprint density at radius 3 is 2.54 bits per heavy atom. The zero-order chi connectivity index (χ0) is 16.7. The summed E-state index contributed by atoms with van der Waals surface area (Å²) in [6.07, 6.45) is 1.87. The number of hydrogen-bond donors (Lipinski definition) is 0. The fourth-order valence-corrected chi connectivity index (χ4v) is 3.97. The molecule has 120 valence electrons. The zero-order valence-electron chi connectivity index (χ0n) is 14.3. The molecule has 0 aliphatic heterocycles. The molecule has 0 heterocycles. The molecule has 4 rings (SSSR count). The molecule has 1 atom stereocenters. The summed E-state index contributed by atoms with van der Waals surface area (Å²) in [7, 11) is 0. The number of carbonyl (C=O) groups is 1. The van der Waals surface area contributed by atoms with Gasteiger partial charge in [-0.15, -0.1) is 0 Å². The van der Waals surface area contributed by atoms with Gasteiger partial charge in [-0.25, -0.2) is 0 Å². The van der Waals surface area contributed by atoms with Gasteiger partial charge in [0.15, 0.2) is 5.78 Å². The number of rotatable bonds is 3. The van der Waals surface area contributed by atoms with Crippen molar-refractivity contribution in [3.05, 3.63) is 82.9 Å². The highest BCUT2D eigenvalue weighted by Gasteiger charge is 2.32. The second-order valence-electron chi connectivity index (χ2n) is 7.28. The van der Waals surface area contributed by atoms with Crippen LogP contribution in [0.2, 0.25) is 0 Å². The van der Waals surface area contributed by atoms with Crippen LogP contribution < -0.4 is 0 Å². The van der Waals surface area contributed by atoms with Gasteiger partial charge in [0, 0.05) is 5.56 Å². The minimum Gasteiger partial charge on any atom is -0.293 e. The van der Waals surface area contributed by atoms with Crippen LogP contribution in [-0.4, -0.2) is 5.78 Å². The normalized spacial score (nSPS) is 16.8. The molecule has 0 saturated heterocycles. The number of fused-ring (bicyclic) bond motifs is 2.